The highest BCUT2D eigenvalue weighted by molar-refractivity contribution is 5.94. The number of carbonyl (C=O) groups is 1. The standard InChI is InChI=1S/C21H26N2O/c1-2-3-7-18-10-12-19(13-11-18)21(24)23-16-14-22(15-17-23)20-8-5-4-6-9-20/h4-6,8-13H,2-3,7,14-17H2,1H3. The molecule has 2 aromatic carbocycles. The molecule has 2 aromatic rings. The average molecular weight is 322 g/mol. The van der Waals surface area contributed by atoms with Crippen LogP contribution in [0.2, 0.25) is 0 Å². The Morgan fingerprint density at radius 3 is 2.21 bits per heavy atom. The Bertz CT molecular complexity index is 643. The van der Waals surface area contributed by atoms with Gasteiger partial charge in [-0.3, -0.25) is 4.79 Å². The van der Waals surface area contributed by atoms with Crippen LogP contribution in [0.15, 0.2) is 54.6 Å². The van der Waals surface area contributed by atoms with Crippen LogP contribution in [-0.2, 0) is 6.42 Å². The lowest BCUT2D eigenvalue weighted by Gasteiger charge is -2.36. The molecular formula is C21H26N2O. The number of hydrogen-bond donors (Lipinski definition) is 0. The molecule has 0 aliphatic carbocycles. The maximum atomic E-state index is 12.7. The fraction of sp³-hybridized carbons (Fsp3) is 0.381. The molecule has 1 saturated heterocycles. The number of para-hydroxylation sites is 1. The molecule has 1 amide bonds. The van der Waals surface area contributed by atoms with Gasteiger partial charge in [-0.1, -0.05) is 43.7 Å². The molecule has 1 heterocycles. The number of piperazine rings is 1. The topological polar surface area (TPSA) is 23.6 Å². The fourth-order valence-electron chi connectivity index (χ4n) is 3.18. The van der Waals surface area contributed by atoms with Crippen molar-refractivity contribution >= 4 is 11.6 Å². The van der Waals surface area contributed by atoms with E-state index < -0.39 is 0 Å². The maximum Gasteiger partial charge on any atom is 0.253 e. The molecule has 126 valence electrons. The van der Waals surface area contributed by atoms with Crippen molar-refractivity contribution in [3.63, 3.8) is 0 Å². The van der Waals surface area contributed by atoms with E-state index in [1.54, 1.807) is 0 Å². The van der Waals surface area contributed by atoms with E-state index in [4.69, 9.17) is 0 Å². The first-order valence-corrected chi connectivity index (χ1v) is 8.96. The summed E-state index contributed by atoms with van der Waals surface area (Å²) in [4.78, 5) is 17.0. The lowest BCUT2D eigenvalue weighted by Crippen LogP contribution is -2.48. The molecule has 0 atom stereocenters. The molecule has 0 saturated carbocycles. The van der Waals surface area contributed by atoms with Crippen molar-refractivity contribution < 1.29 is 4.79 Å². The molecule has 1 aliphatic rings. The maximum absolute atomic E-state index is 12.7. The van der Waals surface area contributed by atoms with Gasteiger partial charge in [0.05, 0.1) is 0 Å². The van der Waals surface area contributed by atoms with Crippen molar-refractivity contribution in [2.24, 2.45) is 0 Å². The Morgan fingerprint density at radius 2 is 1.58 bits per heavy atom. The third-order valence-corrected chi connectivity index (χ3v) is 4.71. The zero-order valence-corrected chi connectivity index (χ0v) is 14.4. The summed E-state index contributed by atoms with van der Waals surface area (Å²) in [6.07, 6.45) is 3.50. The van der Waals surface area contributed by atoms with E-state index in [1.807, 2.05) is 23.1 Å². The Labute approximate surface area is 144 Å². The lowest BCUT2D eigenvalue weighted by molar-refractivity contribution is 0.0747. The second-order valence-electron chi connectivity index (χ2n) is 6.42. The van der Waals surface area contributed by atoms with E-state index in [0.717, 1.165) is 38.2 Å². The van der Waals surface area contributed by atoms with Gasteiger partial charge in [0.1, 0.15) is 0 Å². The van der Waals surface area contributed by atoms with Crippen molar-refractivity contribution in [1.82, 2.24) is 4.90 Å². The van der Waals surface area contributed by atoms with Gasteiger partial charge < -0.3 is 9.80 Å². The third kappa shape index (κ3) is 3.97. The molecular weight excluding hydrogens is 296 g/mol. The van der Waals surface area contributed by atoms with Gasteiger partial charge in [-0.2, -0.15) is 0 Å². The molecule has 0 N–H and O–H groups in total. The zero-order chi connectivity index (χ0) is 16.8. The molecule has 3 heteroatoms. The van der Waals surface area contributed by atoms with Crippen LogP contribution in [-0.4, -0.2) is 37.0 Å². The van der Waals surface area contributed by atoms with Gasteiger partial charge in [0.2, 0.25) is 0 Å². The Morgan fingerprint density at radius 1 is 0.917 bits per heavy atom. The van der Waals surface area contributed by atoms with Crippen molar-refractivity contribution in [2.75, 3.05) is 31.1 Å². The molecule has 0 unspecified atom stereocenters. The molecule has 3 nitrogen and oxygen atoms in total. The Balaban J connectivity index is 1.57. The Kier molecular flexibility index (Phi) is 5.52. The molecule has 0 spiro atoms. The van der Waals surface area contributed by atoms with Crippen molar-refractivity contribution in [3.8, 4) is 0 Å². The number of anilines is 1. The SMILES string of the molecule is CCCCc1ccc(C(=O)N2CCN(c3ccccc3)CC2)cc1. The van der Waals surface area contributed by atoms with Gasteiger partial charge >= 0.3 is 0 Å². The van der Waals surface area contributed by atoms with Gasteiger partial charge in [0.25, 0.3) is 5.91 Å². The fourth-order valence-corrected chi connectivity index (χ4v) is 3.18. The summed E-state index contributed by atoms with van der Waals surface area (Å²) in [5, 5.41) is 0. The van der Waals surface area contributed by atoms with Crippen LogP contribution < -0.4 is 4.90 Å². The normalized spacial score (nSPS) is 14.7. The molecule has 1 fully saturated rings. The summed E-state index contributed by atoms with van der Waals surface area (Å²) >= 11 is 0. The van der Waals surface area contributed by atoms with Crippen LogP contribution in [0.5, 0.6) is 0 Å². The van der Waals surface area contributed by atoms with E-state index in [2.05, 4.69) is 48.2 Å². The van der Waals surface area contributed by atoms with Crippen LogP contribution in [0, 0.1) is 0 Å². The minimum absolute atomic E-state index is 0.157. The highest BCUT2D eigenvalue weighted by Crippen LogP contribution is 2.17. The summed E-state index contributed by atoms with van der Waals surface area (Å²) < 4.78 is 0. The highest BCUT2D eigenvalue weighted by Gasteiger charge is 2.22. The molecule has 0 aromatic heterocycles. The molecule has 3 rings (SSSR count). The van der Waals surface area contributed by atoms with Crippen molar-refractivity contribution in [2.45, 2.75) is 26.2 Å². The summed E-state index contributed by atoms with van der Waals surface area (Å²) in [6.45, 7) is 5.55. The number of unbranched alkanes of at least 4 members (excludes halogenated alkanes) is 1. The van der Waals surface area contributed by atoms with Crippen LogP contribution in [0.4, 0.5) is 5.69 Å². The number of benzene rings is 2. The third-order valence-electron chi connectivity index (χ3n) is 4.71. The van der Waals surface area contributed by atoms with Gasteiger partial charge in [-0.25, -0.2) is 0 Å². The minimum Gasteiger partial charge on any atom is -0.368 e. The monoisotopic (exact) mass is 322 g/mol. The molecule has 0 radical (unpaired) electrons. The van der Waals surface area contributed by atoms with E-state index in [9.17, 15) is 4.79 Å². The number of hydrogen-bond acceptors (Lipinski definition) is 2. The second-order valence-corrected chi connectivity index (χ2v) is 6.42. The number of carbonyl (C=O) groups excluding carboxylic acids is 1. The second kappa shape index (κ2) is 8.00. The van der Waals surface area contributed by atoms with Gasteiger partial charge in [-0.05, 0) is 42.7 Å². The highest BCUT2D eigenvalue weighted by atomic mass is 16.2. The predicted molar refractivity (Wildman–Crippen MR) is 99.6 cm³/mol. The van der Waals surface area contributed by atoms with Crippen LogP contribution in [0.1, 0.15) is 35.7 Å². The van der Waals surface area contributed by atoms with Crippen molar-refractivity contribution in [1.29, 1.82) is 0 Å². The first-order valence-electron chi connectivity index (χ1n) is 8.96. The van der Waals surface area contributed by atoms with Gasteiger partial charge in [0, 0.05) is 37.4 Å². The van der Waals surface area contributed by atoms with E-state index >= 15 is 0 Å². The number of nitrogens with zero attached hydrogens (tertiary/aromatic N) is 2. The smallest absolute Gasteiger partial charge is 0.253 e. The summed E-state index contributed by atoms with van der Waals surface area (Å²) in [5.41, 5.74) is 3.37. The molecule has 0 bridgehead atoms. The van der Waals surface area contributed by atoms with E-state index in [1.165, 1.54) is 24.1 Å². The number of rotatable bonds is 5. The quantitative estimate of drug-likeness (QED) is 0.831. The summed E-state index contributed by atoms with van der Waals surface area (Å²) in [7, 11) is 0. The largest absolute Gasteiger partial charge is 0.368 e. The molecule has 1 aliphatic heterocycles. The van der Waals surface area contributed by atoms with Gasteiger partial charge in [0.15, 0.2) is 0 Å². The lowest BCUT2D eigenvalue weighted by atomic mass is 10.1. The summed E-state index contributed by atoms with van der Waals surface area (Å²) in [5.74, 6) is 0.157. The van der Waals surface area contributed by atoms with Crippen molar-refractivity contribution in [3.05, 3.63) is 65.7 Å². The van der Waals surface area contributed by atoms with Crippen LogP contribution in [0.25, 0.3) is 0 Å². The number of aryl methyl sites for hydroxylation is 1. The zero-order valence-electron chi connectivity index (χ0n) is 14.4. The molecule has 24 heavy (non-hydrogen) atoms. The first-order chi connectivity index (χ1) is 11.8. The van der Waals surface area contributed by atoms with E-state index in [-0.39, 0.29) is 5.91 Å². The Hall–Kier alpha value is -2.29. The van der Waals surface area contributed by atoms with Gasteiger partial charge in [-0.15, -0.1) is 0 Å². The first kappa shape index (κ1) is 16.6. The summed E-state index contributed by atoms with van der Waals surface area (Å²) in [6, 6.07) is 18.6. The average Bonchev–Trinajstić information content (AvgIpc) is 2.67. The number of amides is 1. The van der Waals surface area contributed by atoms with Crippen LogP contribution in [0.3, 0.4) is 0 Å². The van der Waals surface area contributed by atoms with Crippen LogP contribution >= 0.6 is 0 Å². The minimum atomic E-state index is 0.157. The predicted octanol–water partition coefficient (Wildman–Crippen LogP) is 3.99. The van der Waals surface area contributed by atoms with E-state index in [0.29, 0.717) is 0 Å².